The number of ether oxygens (including phenoxy) is 2. The molecule has 2 nitrogen and oxygen atoms in total. The summed E-state index contributed by atoms with van der Waals surface area (Å²) in [5.74, 6) is 0. The van der Waals surface area contributed by atoms with E-state index in [1.165, 1.54) is 0 Å². The molecular formula is C8H20O2. The maximum atomic E-state index is 4.75. The topological polar surface area (TPSA) is 18.5 Å². The zero-order valence-electron chi connectivity index (χ0n) is 7.97. The number of hydrogen-bond donors (Lipinski definition) is 0. The van der Waals surface area contributed by atoms with Gasteiger partial charge in [-0.3, -0.25) is 0 Å². The molecule has 0 aliphatic rings. The summed E-state index contributed by atoms with van der Waals surface area (Å²) in [6, 6.07) is 0. The Hall–Kier alpha value is -0.0800. The first-order chi connectivity index (χ1) is 4.54. The van der Waals surface area contributed by atoms with E-state index in [2.05, 4.69) is 0 Å². The van der Waals surface area contributed by atoms with Crippen molar-refractivity contribution in [3.63, 3.8) is 0 Å². The summed E-state index contributed by atoms with van der Waals surface area (Å²) >= 11 is 0. The van der Waals surface area contributed by atoms with Gasteiger partial charge in [0.25, 0.3) is 0 Å². The van der Waals surface area contributed by atoms with Crippen LogP contribution in [0.15, 0.2) is 0 Å². The van der Waals surface area contributed by atoms with E-state index in [1.807, 2.05) is 27.7 Å². The summed E-state index contributed by atoms with van der Waals surface area (Å²) in [6.07, 6.45) is 0.769. The normalized spacial score (nSPS) is 9.60. The van der Waals surface area contributed by atoms with Crippen molar-refractivity contribution in [2.45, 2.75) is 39.9 Å². The fraction of sp³-hybridized carbons (Fsp3) is 1.00. The maximum Gasteiger partial charge on any atom is 0.0515 e. The van der Waals surface area contributed by atoms with Crippen molar-refractivity contribution in [3.8, 4) is 0 Å². The van der Waals surface area contributed by atoms with Crippen molar-refractivity contribution in [1.82, 2.24) is 0 Å². The Labute approximate surface area is 64.5 Å². The van der Waals surface area contributed by atoms with Gasteiger partial charge in [0.05, 0.1) is 12.2 Å². The molecule has 0 N–H and O–H groups in total. The zero-order valence-corrected chi connectivity index (χ0v) is 7.97. The van der Waals surface area contributed by atoms with Gasteiger partial charge in [-0.1, -0.05) is 0 Å². The fourth-order valence-corrected chi connectivity index (χ4v) is 0. The van der Waals surface area contributed by atoms with Crippen molar-refractivity contribution in [2.75, 3.05) is 14.2 Å². The Morgan fingerprint density at radius 2 is 0.800 bits per heavy atom. The van der Waals surface area contributed by atoms with Gasteiger partial charge >= 0.3 is 0 Å². The Morgan fingerprint density at radius 1 is 0.700 bits per heavy atom. The smallest absolute Gasteiger partial charge is 0.0515 e. The SMILES string of the molecule is COC(C)C.COC(C)C. The molecule has 0 heterocycles. The van der Waals surface area contributed by atoms with Gasteiger partial charge in [0.15, 0.2) is 0 Å². The highest BCUT2D eigenvalue weighted by molar-refractivity contribution is 4.27. The highest BCUT2D eigenvalue weighted by atomic mass is 16.5. The molecule has 10 heavy (non-hydrogen) atoms. The van der Waals surface area contributed by atoms with Gasteiger partial charge in [0.1, 0.15) is 0 Å². The van der Waals surface area contributed by atoms with Crippen molar-refractivity contribution in [2.24, 2.45) is 0 Å². The minimum absolute atomic E-state index is 0.384. The van der Waals surface area contributed by atoms with Crippen LogP contribution in [0, 0.1) is 0 Å². The molecule has 0 atom stereocenters. The molecule has 0 aliphatic carbocycles. The lowest BCUT2D eigenvalue weighted by atomic mass is 10.5. The maximum absolute atomic E-state index is 4.75. The Balaban J connectivity index is 0. The van der Waals surface area contributed by atoms with Crippen LogP contribution < -0.4 is 0 Å². The van der Waals surface area contributed by atoms with E-state index in [0.717, 1.165) is 0 Å². The standard InChI is InChI=1S/2C4H10O/c2*1-4(2)5-3/h2*4H,1-3H3. The van der Waals surface area contributed by atoms with Crippen LogP contribution in [0.2, 0.25) is 0 Å². The second kappa shape index (κ2) is 8.92. The van der Waals surface area contributed by atoms with Crippen molar-refractivity contribution >= 4 is 0 Å². The molecule has 0 rings (SSSR count). The average molecular weight is 148 g/mol. The molecule has 0 radical (unpaired) electrons. The summed E-state index contributed by atoms with van der Waals surface area (Å²) in [5.41, 5.74) is 0. The predicted octanol–water partition coefficient (Wildman–Crippen LogP) is 2.08. The van der Waals surface area contributed by atoms with Gasteiger partial charge in [0.2, 0.25) is 0 Å². The first-order valence-corrected chi connectivity index (χ1v) is 3.60. The summed E-state index contributed by atoms with van der Waals surface area (Å²) in [6.45, 7) is 8.00. The monoisotopic (exact) mass is 148 g/mol. The van der Waals surface area contributed by atoms with E-state index in [0.29, 0.717) is 12.2 Å². The van der Waals surface area contributed by atoms with Gasteiger partial charge in [-0.25, -0.2) is 0 Å². The van der Waals surface area contributed by atoms with Crippen LogP contribution in [0.1, 0.15) is 27.7 Å². The molecule has 64 valence electrons. The largest absolute Gasteiger partial charge is 0.382 e. The Morgan fingerprint density at radius 3 is 0.800 bits per heavy atom. The van der Waals surface area contributed by atoms with Crippen LogP contribution in [0.25, 0.3) is 0 Å². The Kier molecular flexibility index (Phi) is 11.2. The van der Waals surface area contributed by atoms with Crippen LogP contribution in [0.3, 0.4) is 0 Å². The van der Waals surface area contributed by atoms with Gasteiger partial charge in [-0.15, -0.1) is 0 Å². The number of hydrogen-bond acceptors (Lipinski definition) is 2. The van der Waals surface area contributed by atoms with E-state index in [9.17, 15) is 0 Å². The molecule has 0 aromatic heterocycles. The summed E-state index contributed by atoms with van der Waals surface area (Å²) < 4.78 is 9.50. The van der Waals surface area contributed by atoms with E-state index in [-0.39, 0.29) is 0 Å². The second-order valence-corrected chi connectivity index (χ2v) is 2.57. The first kappa shape index (κ1) is 12.6. The van der Waals surface area contributed by atoms with Gasteiger partial charge in [-0.2, -0.15) is 0 Å². The molecule has 0 fully saturated rings. The lowest BCUT2D eigenvalue weighted by Gasteiger charge is -1.94. The van der Waals surface area contributed by atoms with E-state index >= 15 is 0 Å². The van der Waals surface area contributed by atoms with Crippen LogP contribution in [0.5, 0.6) is 0 Å². The van der Waals surface area contributed by atoms with Gasteiger partial charge in [0, 0.05) is 14.2 Å². The third-order valence-corrected chi connectivity index (χ3v) is 0.943. The quantitative estimate of drug-likeness (QED) is 0.597. The Bertz CT molecular complexity index is 43.2. The lowest BCUT2D eigenvalue weighted by Crippen LogP contribution is -1.94. The summed E-state index contributed by atoms with van der Waals surface area (Å²) in [5, 5.41) is 0. The van der Waals surface area contributed by atoms with Crippen molar-refractivity contribution in [1.29, 1.82) is 0 Å². The first-order valence-electron chi connectivity index (χ1n) is 3.60. The molecule has 0 saturated carbocycles. The van der Waals surface area contributed by atoms with Crippen molar-refractivity contribution in [3.05, 3.63) is 0 Å². The molecule has 0 saturated heterocycles. The number of rotatable bonds is 2. The third-order valence-electron chi connectivity index (χ3n) is 0.943. The average Bonchev–Trinajstić information content (AvgIpc) is 1.89. The molecule has 0 bridgehead atoms. The zero-order chi connectivity index (χ0) is 8.57. The van der Waals surface area contributed by atoms with Gasteiger partial charge in [-0.05, 0) is 27.7 Å². The molecule has 0 amide bonds. The van der Waals surface area contributed by atoms with E-state index < -0.39 is 0 Å². The highest BCUT2D eigenvalue weighted by Crippen LogP contribution is 1.78. The molecular weight excluding hydrogens is 128 g/mol. The predicted molar refractivity (Wildman–Crippen MR) is 44.3 cm³/mol. The molecule has 0 aromatic carbocycles. The molecule has 2 heteroatoms. The second-order valence-electron chi connectivity index (χ2n) is 2.57. The fourth-order valence-electron chi connectivity index (χ4n) is 0. The summed E-state index contributed by atoms with van der Waals surface area (Å²) in [7, 11) is 3.40. The van der Waals surface area contributed by atoms with Crippen LogP contribution in [-0.4, -0.2) is 26.4 Å². The third kappa shape index (κ3) is 24.7. The lowest BCUT2D eigenvalue weighted by molar-refractivity contribution is 0.134. The minimum Gasteiger partial charge on any atom is -0.382 e. The molecule has 0 aromatic rings. The minimum atomic E-state index is 0.384. The summed E-state index contributed by atoms with van der Waals surface area (Å²) in [4.78, 5) is 0. The molecule has 0 spiro atoms. The van der Waals surface area contributed by atoms with E-state index in [4.69, 9.17) is 9.47 Å². The number of methoxy groups -OCH3 is 2. The highest BCUT2D eigenvalue weighted by Gasteiger charge is 1.79. The van der Waals surface area contributed by atoms with E-state index in [1.54, 1.807) is 14.2 Å². The van der Waals surface area contributed by atoms with Crippen molar-refractivity contribution < 1.29 is 9.47 Å². The van der Waals surface area contributed by atoms with Gasteiger partial charge < -0.3 is 9.47 Å². The molecule has 0 aliphatic heterocycles. The van der Waals surface area contributed by atoms with Crippen LogP contribution >= 0.6 is 0 Å². The van der Waals surface area contributed by atoms with Crippen LogP contribution in [-0.2, 0) is 9.47 Å². The molecule has 0 unspecified atom stereocenters. The van der Waals surface area contributed by atoms with Crippen LogP contribution in [0.4, 0.5) is 0 Å².